The fourth-order valence-electron chi connectivity index (χ4n) is 3.38. The summed E-state index contributed by atoms with van der Waals surface area (Å²) in [5.74, 6) is -1.59. The minimum absolute atomic E-state index is 0.0747. The van der Waals surface area contributed by atoms with E-state index in [1.807, 2.05) is 13.8 Å². The lowest BCUT2D eigenvalue weighted by Crippen LogP contribution is -2.46. The summed E-state index contributed by atoms with van der Waals surface area (Å²) in [5, 5.41) is 9.60. The first-order chi connectivity index (χ1) is 10.6. The number of amides is 1. The van der Waals surface area contributed by atoms with Crippen LogP contribution in [0.3, 0.4) is 0 Å². The maximum Gasteiger partial charge on any atom is 0.311 e. The number of likely N-dealkylation sites (tertiary alicyclic amines) is 1. The molecule has 1 N–H and O–H groups in total. The van der Waals surface area contributed by atoms with E-state index < -0.39 is 22.6 Å². The first-order valence-electron chi connectivity index (χ1n) is 7.90. The molecular formula is C18H24FNO3. The van der Waals surface area contributed by atoms with Crippen molar-refractivity contribution in [3.63, 3.8) is 0 Å². The lowest BCUT2D eigenvalue weighted by molar-refractivity contribution is -0.151. The van der Waals surface area contributed by atoms with Crippen LogP contribution in [-0.2, 0) is 15.0 Å². The van der Waals surface area contributed by atoms with Crippen molar-refractivity contribution in [1.82, 2.24) is 4.90 Å². The molecule has 1 aliphatic rings. The van der Waals surface area contributed by atoms with Gasteiger partial charge in [-0.25, -0.2) is 4.39 Å². The number of hydrogen-bond donors (Lipinski definition) is 1. The minimum Gasteiger partial charge on any atom is -0.481 e. The average molecular weight is 321 g/mol. The predicted octanol–water partition coefficient (Wildman–Crippen LogP) is 3.06. The molecule has 1 heterocycles. The van der Waals surface area contributed by atoms with Gasteiger partial charge in [-0.15, -0.1) is 0 Å². The molecule has 0 aliphatic carbocycles. The Balaban J connectivity index is 2.28. The standard InChI is InChI=1S/C18H24FNO3/c1-12(2)18(16(22)23)9-10-20(11-18)15(21)17(3,4)13-7-5-6-8-14(13)19/h5-8,12H,9-11H2,1-4H3,(H,22,23). The van der Waals surface area contributed by atoms with Gasteiger partial charge in [0.15, 0.2) is 0 Å². The molecule has 5 heteroatoms. The van der Waals surface area contributed by atoms with Crippen molar-refractivity contribution in [1.29, 1.82) is 0 Å². The largest absolute Gasteiger partial charge is 0.481 e. The van der Waals surface area contributed by atoms with Crippen LogP contribution in [0.25, 0.3) is 0 Å². The first kappa shape index (κ1) is 17.4. The van der Waals surface area contributed by atoms with Crippen molar-refractivity contribution in [2.24, 2.45) is 11.3 Å². The summed E-state index contributed by atoms with van der Waals surface area (Å²) in [6, 6.07) is 6.23. The molecule has 1 fully saturated rings. The summed E-state index contributed by atoms with van der Waals surface area (Å²) >= 11 is 0. The second-order valence-corrected chi connectivity index (χ2v) is 7.20. The van der Waals surface area contributed by atoms with Crippen molar-refractivity contribution < 1.29 is 19.1 Å². The van der Waals surface area contributed by atoms with E-state index in [-0.39, 0.29) is 18.4 Å². The summed E-state index contributed by atoms with van der Waals surface area (Å²) < 4.78 is 14.1. The van der Waals surface area contributed by atoms with Gasteiger partial charge in [-0.3, -0.25) is 9.59 Å². The Bertz CT molecular complexity index is 626. The van der Waals surface area contributed by atoms with Gasteiger partial charge in [0.25, 0.3) is 0 Å². The van der Waals surface area contributed by atoms with Gasteiger partial charge in [0, 0.05) is 18.7 Å². The van der Waals surface area contributed by atoms with Gasteiger partial charge in [-0.1, -0.05) is 32.0 Å². The predicted molar refractivity (Wildman–Crippen MR) is 85.5 cm³/mol. The third-order valence-corrected chi connectivity index (χ3v) is 5.20. The smallest absolute Gasteiger partial charge is 0.311 e. The summed E-state index contributed by atoms with van der Waals surface area (Å²) in [6.07, 6.45) is 0.430. The zero-order chi connectivity index (χ0) is 17.4. The number of aliphatic carboxylic acids is 1. The van der Waals surface area contributed by atoms with E-state index >= 15 is 0 Å². The topological polar surface area (TPSA) is 57.6 Å². The number of rotatable bonds is 4. The molecule has 0 spiro atoms. The number of nitrogens with zero attached hydrogens (tertiary/aromatic N) is 1. The van der Waals surface area contributed by atoms with E-state index in [0.717, 1.165) is 0 Å². The van der Waals surface area contributed by atoms with Crippen LogP contribution in [0.4, 0.5) is 4.39 Å². The Hall–Kier alpha value is -1.91. The molecule has 4 nitrogen and oxygen atoms in total. The highest BCUT2D eigenvalue weighted by Crippen LogP contribution is 2.40. The van der Waals surface area contributed by atoms with Crippen LogP contribution < -0.4 is 0 Å². The molecule has 0 radical (unpaired) electrons. The van der Waals surface area contributed by atoms with Gasteiger partial charge in [0.05, 0.1) is 10.8 Å². The summed E-state index contributed by atoms with van der Waals surface area (Å²) in [4.78, 5) is 26.2. The molecule has 23 heavy (non-hydrogen) atoms. The van der Waals surface area contributed by atoms with Crippen LogP contribution >= 0.6 is 0 Å². The van der Waals surface area contributed by atoms with Crippen LogP contribution in [0.2, 0.25) is 0 Å². The van der Waals surface area contributed by atoms with Crippen LogP contribution in [0.1, 0.15) is 39.7 Å². The van der Waals surface area contributed by atoms with Crippen LogP contribution in [0.5, 0.6) is 0 Å². The van der Waals surface area contributed by atoms with Crippen LogP contribution in [-0.4, -0.2) is 35.0 Å². The second kappa shape index (κ2) is 5.95. The van der Waals surface area contributed by atoms with E-state index in [2.05, 4.69) is 0 Å². The van der Waals surface area contributed by atoms with Crippen LogP contribution in [0.15, 0.2) is 24.3 Å². The number of carboxylic acids is 1. The number of benzene rings is 1. The van der Waals surface area contributed by atoms with E-state index in [0.29, 0.717) is 18.5 Å². The third-order valence-electron chi connectivity index (χ3n) is 5.20. The molecule has 1 aromatic rings. The SMILES string of the molecule is CC(C)C1(C(=O)O)CCN(C(=O)C(C)(C)c2ccccc2F)C1. The van der Waals surface area contributed by atoms with Gasteiger partial charge in [0.2, 0.25) is 5.91 Å². The van der Waals surface area contributed by atoms with Crippen molar-refractivity contribution in [3.05, 3.63) is 35.6 Å². The number of carbonyl (C=O) groups is 2. The van der Waals surface area contributed by atoms with E-state index in [1.165, 1.54) is 6.07 Å². The van der Waals surface area contributed by atoms with Crippen molar-refractivity contribution in [2.75, 3.05) is 13.1 Å². The Morgan fingerprint density at radius 1 is 1.30 bits per heavy atom. The van der Waals surface area contributed by atoms with E-state index in [1.54, 1.807) is 36.9 Å². The van der Waals surface area contributed by atoms with Crippen molar-refractivity contribution in [3.8, 4) is 0 Å². The van der Waals surface area contributed by atoms with Gasteiger partial charge in [-0.05, 0) is 32.3 Å². The molecule has 2 rings (SSSR count). The highest BCUT2D eigenvalue weighted by atomic mass is 19.1. The van der Waals surface area contributed by atoms with Gasteiger partial charge in [0.1, 0.15) is 5.82 Å². The lowest BCUT2D eigenvalue weighted by atomic mass is 9.76. The van der Waals surface area contributed by atoms with E-state index in [4.69, 9.17) is 0 Å². The number of carbonyl (C=O) groups excluding carboxylic acids is 1. The quantitative estimate of drug-likeness (QED) is 0.927. The van der Waals surface area contributed by atoms with Crippen LogP contribution in [0, 0.1) is 17.2 Å². The first-order valence-corrected chi connectivity index (χ1v) is 7.90. The molecule has 1 atom stereocenters. The van der Waals surface area contributed by atoms with Gasteiger partial charge < -0.3 is 10.0 Å². The molecule has 1 aromatic carbocycles. The zero-order valence-corrected chi connectivity index (χ0v) is 14.1. The highest BCUT2D eigenvalue weighted by Gasteiger charge is 2.50. The molecule has 1 aliphatic heterocycles. The van der Waals surface area contributed by atoms with Crippen molar-refractivity contribution >= 4 is 11.9 Å². The maximum absolute atomic E-state index is 14.1. The molecular weight excluding hydrogens is 297 g/mol. The minimum atomic E-state index is -1.03. The average Bonchev–Trinajstić information content (AvgIpc) is 2.93. The number of halogens is 1. The number of carboxylic acid groups (broad SMARTS) is 1. The van der Waals surface area contributed by atoms with Gasteiger partial charge in [-0.2, -0.15) is 0 Å². The van der Waals surface area contributed by atoms with E-state index in [9.17, 15) is 19.1 Å². The lowest BCUT2D eigenvalue weighted by Gasteiger charge is -2.32. The van der Waals surface area contributed by atoms with Crippen molar-refractivity contribution in [2.45, 2.75) is 39.5 Å². The second-order valence-electron chi connectivity index (χ2n) is 7.20. The summed E-state index contributed by atoms with van der Waals surface area (Å²) in [7, 11) is 0. The molecule has 0 saturated carbocycles. The monoisotopic (exact) mass is 321 g/mol. The number of hydrogen-bond acceptors (Lipinski definition) is 2. The molecule has 1 unspecified atom stereocenters. The summed E-state index contributed by atoms with van der Waals surface area (Å²) in [5.41, 5.74) is -1.61. The Morgan fingerprint density at radius 2 is 1.91 bits per heavy atom. The molecule has 0 aromatic heterocycles. The third kappa shape index (κ3) is 2.84. The molecule has 0 bridgehead atoms. The Labute approximate surface area is 136 Å². The Morgan fingerprint density at radius 3 is 2.39 bits per heavy atom. The fourth-order valence-corrected chi connectivity index (χ4v) is 3.38. The maximum atomic E-state index is 14.1. The summed E-state index contributed by atoms with van der Waals surface area (Å²) in [6.45, 7) is 7.67. The molecule has 1 saturated heterocycles. The normalized spacial score (nSPS) is 21.7. The highest BCUT2D eigenvalue weighted by molar-refractivity contribution is 5.89. The molecule has 1 amide bonds. The zero-order valence-electron chi connectivity index (χ0n) is 14.1. The fraction of sp³-hybridized carbons (Fsp3) is 0.556. The molecule has 126 valence electrons. The van der Waals surface area contributed by atoms with Gasteiger partial charge >= 0.3 is 5.97 Å². The Kier molecular flexibility index (Phi) is 4.51.